The molecule has 0 aliphatic carbocycles. The third-order valence-electron chi connectivity index (χ3n) is 2.82. The summed E-state index contributed by atoms with van der Waals surface area (Å²) in [5.74, 6) is -1.61. The molecule has 0 spiro atoms. The molecule has 0 saturated carbocycles. The first-order chi connectivity index (χ1) is 8.09. The SMILES string of the molecule is O=C1CCCCCN1c1c(F)cc(Br)cc1F. The van der Waals surface area contributed by atoms with Crippen LogP contribution in [0, 0.1) is 11.6 Å². The molecule has 0 aromatic heterocycles. The molecule has 2 rings (SSSR count). The lowest BCUT2D eigenvalue weighted by molar-refractivity contribution is -0.118. The van der Waals surface area contributed by atoms with Crippen LogP contribution in [0.3, 0.4) is 0 Å². The van der Waals surface area contributed by atoms with E-state index in [-0.39, 0.29) is 11.6 Å². The monoisotopic (exact) mass is 303 g/mol. The first-order valence-electron chi connectivity index (χ1n) is 5.54. The minimum absolute atomic E-state index is 0.206. The molecular weight excluding hydrogens is 292 g/mol. The average molecular weight is 304 g/mol. The summed E-state index contributed by atoms with van der Waals surface area (Å²) in [6.45, 7) is 0.383. The van der Waals surface area contributed by atoms with Crippen molar-refractivity contribution in [3.05, 3.63) is 28.2 Å². The normalized spacial score (nSPS) is 17.1. The van der Waals surface area contributed by atoms with Crippen LogP contribution in [0.5, 0.6) is 0 Å². The second kappa shape index (κ2) is 5.12. The van der Waals surface area contributed by atoms with E-state index in [9.17, 15) is 13.6 Å². The Hall–Kier alpha value is -0.970. The Balaban J connectivity index is 2.41. The quantitative estimate of drug-likeness (QED) is 0.776. The van der Waals surface area contributed by atoms with Crippen molar-refractivity contribution in [3.63, 3.8) is 0 Å². The van der Waals surface area contributed by atoms with Crippen molar-refractivity contribution in [2.75, 3.05) is 11.4 Å². The molecule has 1 amide bonds. The predicted molar refractivity (Wildman–Crippen MR) is 64.9 cm³/mol. The minimum Gasteiger partial charge on any atom is -0.307 e. The van der Waals surface area contributed by atoms with E-state index in [1.54, 1.807) is 0 Å². The number of benzene rings is 1. The van der Waals surface area contributed by atoms with Gasteiger partial charge in [-0.2, -0.15) is 0 Å². The van der Waals surface area contributed by atoms with Gasteiger partial charge in [0.1, 0.15) is 5.69 Å². The Labute approximate surface area is 107 Å². The number of carbonyl (C=O) groups excluding carboxylic acids is 1. The first-order valence-corrected chi connectivity index (χ1v) is 6.34. The third-order valence-corrected chi connectivity index (χ3v) is 3.28. The molecule has 5 heteroatoms. The average Bonchev–Trinajstić information content (AvgIpc) is 2.43. The molecule has 0 bridgehead atoms. The Bertz CT molecular complexity index is 427. The maximum Gasteiger partial charge on any atom is 0.227 e. The minimum atomic E-state index is -0.702. The summed E-state index contributed by atoms with van der Waals surface area (Å²) < 4.78 is 27.8. The Kier molecular flexibility index (Phi) is 3.76. The molecule has 1 saturated heterocycles. The summed E-state index contributed by atoms with van der Waals surface area (Å²) in [4.78, 5) is 13.0. The van der Waals surface area contributed by atoms with E-state index in [0.29, 0.717) is 17.4 Å². The van der Waals surface area contributed by atoms with Crippen LogP contribution in [0.1, 0.15) is 25.7 Å². The zero-order valence-electron chi connectivity index (χ0n) is 9.18. The van der Waals surface area contributed by atoms with Gasteiger partial charge in [-0.25, -0.2) is 8.78 Å². The van der Waals surface area contributed by atoms with Crippen molar-refractivity contribution in [1.29, 1.82) is 0 Å². The number of hydrogen-bond acceptors (Lipinski definition) is 1. The number of amides is 1. The van der Waals surface area contributed by atoms with Crippen molar-refractivity contribution in [2.45, 2.75) is 25.7 Å². The molecule has 1 aliphatic rings. The van der Waals surface area contributed by atoms with Crippen LogP contribution in [0.25, 0.3) is 0 Å². The molecule has 0 unspecified atom stereocenters. The molecule has 1 fully saturated rings. The van der Waals surface area contributed by atoms with Crippen LogP contribution < -0.4 is 4.90 Å². The van der Waals surface area contributed by atoms with Gasteiger partial charge in [0, 0.05) is 17.4 Å². The summed E-state index contributed by atoms with van der Waals surface area (Å²) in [6.07, 6.45) is 2.84. The fourth-order valence-corrected chi connectivity index (χ4v) is 2.41. The second-order valence-corrected chi connectivity index (χ2v) is 4.99. The third kappa shape index (κ3) is 2.65. The van der Waals surface area contributed by atoms with Crippen LogP contribution in [0.4, 0.5) is 14.5 Å². The molecule has 1 aromatic rings. The molecule has 0 radical (unpaired) electrons. The summed E-state index contributed by atoms with van der Waals surface area (Å²) >= 11 is 3.02. The highest BCUT2D eigenvalue weighted by Gasteiger charge is 2.24. The summed E-state index contributed by atoms with van der Waals surface area (Å²) in [5, 5.41) is 0. The molecule has 1 heterocycles. The number of anilines is 1. The number of halogens is 3. The predicted octanol–water partition coefficient (Wildman–Crippen LogP) is 3.63. The molecule has 1 aromatic carbocycles. The van der Waals surface area contributed by atoms with Crippen molar-refractivity contribution in [2.24, 2.45) is 0 Å². The largest absolute Gasteiger partial charge is 0.307 e. The topological polar surface area (TPSA) is 20.3 Å². The number of nitrogens with zero attached hydrogens (tertiary/aromatic N) is 1. The Morgan fingerprint density at radius 1 is 1.12 bits per heavy atom. The van der Waals surface area contributed by atoms with Gasteiger partial charge < -0.3 is 4.90 Å². The van der Waals surface area contributed by atoms with E-state index in [1.807, 2.05) is 0 Å². The van der Waals surface area contributed by atoms with E-state index in [4.69, 9.17) is 0 Å². The van der Waals surface area contributed by atoms with Gasteiger partial charge in [-0.3, -0.25) is 4.79 Å². The molecule has 92 valence electrons. The summed E-state index contributed by atoms with van der Waals surface area (Å²) in [6, 6.07) is 2.35. The smallest absolute Gasteiger partial charge is 0.227 e. The molecule has 0 N–H and O–H groups in total. The summed E-state index contributed by atoms with van der Waals surface area (Å²) in [7, 11) is 0. The summed E-state index contributed by atoms with van der Waals surface area (Å²) in [5.41, 5.74) is -0.222. The highest BCUT2D eigenvalue weighted by molar-refractivity contribution is 9.10. The first kappa shape index (κ1) is 12.5. The van der Waals surface area contributed by atoms with E-state index >= 15 is 0 Å². The fraction of sp³-hybridized carbons (Fsp3) is 0.417. The van der Waals surface area contributed by atoms with E-state index in [2.05, 4.69) is 15.9 Å². The van der Waals surface area contributed by atoms with Crippen molar-refractivity contribution in [1.82, 2.24) is 0 Å². The van der Waals surface area contributed by atoms with Gasteiger partial charge in [0.25, 0.3) is 0 Å². The van der Waals surface area contributed by atoms with Crippen LogP contribution in [0.2, 0.25) is 0 Å². The van der Waals surface area contributed by atoms with E-state index < -0.39 is 11.6 Å². The molecule has 1 aliphatic heterocycles. The molecule has 0 atom stereocenters. The van der Waals surface area contributed by atoms with E-state index in [0.717, 1.165) is 19.3 Å². The van der Waals surface area contributed by atoms with Crippen LogP contribution in [0.15, 0.2) is 16.6 Å². The maximum absolute atomic E-state index is 13.7. The number of carbonyl (C=O) groups is 1. The van der Waals surface area contributed by atoms with Gasteiger partial charge in [-0.05, 0) is 25.0 Å². The number of rotatable bonds is 1. The lowest BCUT2D eigenvalue weighted by Gasteiger charge is -2.21. The van der Waals surface area contributed by atoms with Crippen molar-refractivity contribution in [3.8, 4) is 0 Å². The van der Waals surface area contributed by atoms with E-state index in [1.165, 1.54) is 17.0 Å². The second-order valence-electron chi connectivity index (χ2n) is 4.07. The van der Waals surface area contributed by atoms with Gasteiger partial charge in [0.05, 0.1) is 0 Å². The Morgan fingerprint density at radius 2 is 1.76 bits per heavy atom. The fourth-order valence-electron chi connectivity index (χ4n) is 2.01. The zero-order chi connectivity index (χ0) is 12.4. The van der Waals surface area contributed by atoms with Crippen LogP contribution in [-0.4, -0.2) is 12.5 Å². The van der Waals surface area contributed by atoms with Gasteiger partial charge in [0.2, 0.25) is 5.91 Å². The number of hydrogen-bond donors (Lipinski definition) is 0. The zero-order valence-corrected chi connectivity index (χ0v) is 10.8. The lowest BCUT2D eigenvalue weighted by Crippen LogP contribution is -2.31. The van der Waals surface area contributed by atoms with Crippen LogP contribution >= 0.6 is 15.9 Å². The Morgan fingerprint density at radius 3 is 2.41 bits per heavy atom. The van der Waals surface area contributed by atoms with Gasteiger partial charge >= 0.3 is 0 Å². The standard InChI is InChI=1S/C12H12BrF2NO/c13-8-6-9(14)12(10(15)7-8)16-5-3-1-2-4-11(16)17/h6-7H,1-5H2. The molecular formula is C12H12BrF2NO. The van der Waals surface area contributed by atoms with Gasteiger partial charge in [-0.1, -0.05) is 22.4 Å². The maximum atomic E-state index is 13.7. The van der Waals surface area contributed by atoms with Crippen molar-refractivity contribution >= 4 is 27.5 Å². The highest BCUT2D eigenvalue weighted by atomic mass is 79.9. The molecule has 17 heavy (non-hydrogen) atoms. The van der Waals surface area contributed by atoms with Crippen LogP contribution in [-0.2, 0) is 4.79 Å². The molecule has 2 nitrogen and oxygen atoms in total. The van der Waals surface area contributed by atoms with Gasteiger partial charge in [0.15, 0.2) is 11.6 Å². The lowest BCUT2D eigenvalue weighted by atomic mass is 10.2. The van der Waals surface area contributed by atoms with Gasteiger partial charge in [-0.15, -0.1) is 0 Å². The highest BCUT2D eigenvalue weighted by Crippen LogP contribution is 2.29. The van der Waals surface area contributed by atoms with Crippen molar-refractivity contribution < 1.29 is 13.6 Å².